The van der Waals surface area contributed by atoms with Crippen LogP contribution in [0.15, 0.2) is 0 Å². The van der Waals surface area contributed by atoms with Crippen LogP contribution in [0.25, 0.3) is 0 Å². The van der Waals surface area contributed by atoms with Gasteiger partial charge in [0, 0.05) is 18.9 Å². The molecule has 3 saturated heterocycles. The summed E-state index contributed by atoms with van der Waals surface area (Å²) in [5, 5.41) is 3.83. The molecule has 25 heavy (non-hydrogen) atoms. The summed E-state index contributed by atoms with van der Waals surface area (Å²) in [5.41, 5.74) is 5.45. The van der Waals surface area contributed by atoms with Crippen molar-refractivity contribution in [2.45, 2.75) is 37.8 Å². The zero-order chi connectivity index (χ0) is 18.2. The number of primary amides is 1. The molecule has 2 unspecified atom stereocenters. The highest BCUT2D eigenvalue weighted by Gasteiger charge is 2.65. The van der Waals surface area contributed by atoms with Gasteiger partial charge in [-0.3, -0.25) is 9.35 Å². The summed E-state index contributed by atoms with van der Waals surface area (Å²) in [7, 11) is -4.87. The van der Waals surface area contributed by atoms with Gasteiger partial charge in [0.25, 0.3) is 5.91 Å². The van der Waals surface area contributed by atoms with Crippen LogP contribution in [0, 0.1) is 5.92 Å². The highest BCUT2D eigenvalue weighted by Crippen LogP contribution is 2.38. The molecular weight excluding hydrogens is 356 g/mol. The van der Waals surface area contributed by atoms with Crippen molar-refractivity contribution in [2.75, 3.05) is 26.2 Å². The van der Waals surface area contributed by atoms with Gasteiger partial charge in [0.05, 0.1) is 0 Å². The monoisotopic (exact) mass is 379 g/mol. The highest BCUT2D eigenvalue weighted by molar-refractivity contribution is 7.80. The van der Waals surface area contributed by atoms with Crippen LogP contribution in [0.3, 0.4) is 0 Å². The zero-order valence-electron chi connectivity index (χ0n) is 13.7. The van der Waals surface area contributed by atoms with E-state index >= 15 is 0 Å². The van der Waals surface area contributed by atoms with Gasteiger partial charge in [-0.2, -0.15) is 13.3 Å². The lowest BCUT2D eigenvalue weighted by molar-refractivity contribution is -1.05. The molecule has 3 aliphatic heterocycles. The second-order valence-electron chi connectivity index (χ2n) is 6.75. The number of carbonyl (C=O) groups is 2. The average molecular weight is 379 g/mol. The van der Waals surface area contributed by atoms with Crippen LogP contribution < -0.4 is 11.1 Å². The maximum Gasteiger partial charge on any atom is 0.477 e. The molecule has 0 aromatic rings. The first-order valence-corrected chi connectivity index (χ1v) is 9.62. The van der Waals surface area contributed by atoms with Gasteiger partial charge in [0.2, 0.25) is 6.04 Å². The molecule has 3 aliphatic rings. The Morgan fingerprint density at radius 1 is 1.40 bits per heavy atom. The van der Waals surface area contributed by atoms with Gasteiger partial charge in [0.15, 0.2) is 0 Å². The third-order valence-corrected chi connectivity index (χ3v) is 5.39. The Kier molecular flexibility index (Phi) is 5.01. The molecule has 142 valence electrons. The van der Waals surface area contributed by atoms with Crippen molar-refractivity contribution < 1.29 is 36.3 Å². The topological polar surface area (TPSA) is 148 Å². The Balaban J connectivity index is 1.82. The van der Waals surface area contributed by atoms with E-state index in [1.54, 1.807) is 0 Å². The SMILES string of the molecule is NC(=O)[C@@H]1CC[C@@H]2C[N+]1(OCC1CCCNC1)C(=O)N2OS(=O)(=O)O. The molecule has 3 fully saturated rings. The molecule has 0 saturated carbocycles. The van der Waals surface area contributed by atoms with Crippen LogP contribution in [0.5, 0.6) is 0 Å². The molecule has 0 spiro atoms. The van der Waals surface area contributed by atoms with Crippen molar-refractivity contribution in [2.24, 2.45) is 11.7 Å². The minimum atomic E-state index is -4.87. The number of nitrogens with zero attached hydrogens (tertiary/aromatic N) is 2. The van der Waals surface area contributed by atoms with Gasteiger partial charge in [-0.25, -0.2) is 4.79 Å². The van der Waals surface area contributed by atoms with Crippen LogP contribution >= 0.6 is 0 Å². The summed E-state index contributed by atoms with van der Waals surface area (Å²) in [5.74, 6) is -0.512. The smallest absolute Gasteiger partial charge is 0.364 e. The number of fused-ring (bicyclic) bond motifs is 2. The van der Waals surface area contributed by atoms with Crippen molar-refractivity contribution in [3.8, 4) is 0 Å². The number of rotatable bonds is 6. The maximum atomic E-state index is 12.8. The van der Waals surface area contributed by atoms with E-state index in [1.807, 2.05) is 0 Å². The Labute approximate surface area is 145 Å². The second-order valence-corrected chi connectivity index (χ2v) is 7.75. The standard InChI is InChI=1S/C13H22N4O7S/c14-12(18)11-4-3-10-7-17(11,13(19)16(10)24-25(20,21)22)23-8-9-2-1-5-15-6-9/h9-11,15H,1-8H2,(H2-,14,18,20,21,22)/p+1/t9?,10-,11+,17?/m1/s1. The Bertz CT molecular complexity index is 651. The summed E-state index contributed by atoms with van der Waals surface area (Å²) >= 11 is 0. The summed E-state index contributed by atoms with van der Waals surface area (Å²) in [6.07, 6.45) is 2.50. The normalized spacial score (nSPS) is 35.8. The number of quaternary nitrogens is 1. The van der Waals surface area contributed by atoms with Crippen molar-refractivity contribution in [1.82, 2.24) is 10.4 Å². The number of piperidine rings is 2. The molecule has 0 aromatic heterocycles. The van der Waals surface area contributed by atoms with E-state index in [-0.39, 0.29) is 25.5 Å². The fourth-order valence-electron chi connectivity index (χ4n) is 3.86. The van der Waals surface area contributed by atoms with Crippen LogP contribution in [0.1, 0.15) is 25.7 Å². The van der Waals surface area contributed by atoms with E-state index in [2.05, 4.69) is 9.60 Å². The van der Waals surface area contributed by atoms with Gasteiger partial charge in [0.1, 0.15) is 19.2 Å². The Morgan fingerprint density at radius 2 is 2.16 bits per heavy atom. The van der Waals surface area contributed by atoms with Crippen molar-refractivity contribution in [1.29, 1.82) is 0 Å². The van der Waals surface area contributed by atoms with Crippen molar-refractivity contribution >= 4 is 22.3 Å². The fraction of sp³-hybridized carbons (Fsp3) is 0.846. The molecule has 3 heterocycles. The van der Waals surface area contributed by atoms with Gasteiger partial charge in [-0.05, 0) is 25.8 Å². The predicted octanol–water partition coefficient (Wildman–Crippen LogP) is -1.08. The number of hydrogen-bond donors (Lipinski definition) is 3. The first-order valence-electron chi connectivity index (χ1n) is 8.26. The summed E-state index contributed by atoms with van der Waals surface area (Å²) in [4.78, 5) is 30.6. The van der Waals surface area contributed by atoms with Gasteiger partial charge >= 0.3 is 16.4 Å². The molecule has 0 aliphatic carbocycles. The molecule has 0 radical (unpaired) electrons. The van der Waals surface area contributed by atoms with Gasteiger partial charge in [-0.1, -0.05) is 4.65 Å². The lowest BCUT2D eigenvalue weighted by Crippen LogP contribution is -2.63. The zero-order valence-corrected chi connectivity index (χ0v) is 14.5. The minimum absolute atomic E-state index is 0.0438. The highest BCUT2D eigenvalue weighted by atomic mass is 32.3. The van der Waals surface area contributed by atoms with Gasteiger partial charge in [-0.15, -0.1) is 9.35 Å². The van der Waals surface area contributed by atoms with E-state index < -0.39 is 39.1 Å². The third-order valence-electron chi connectivity index (χ3n) is 5.05. The Morgan fingerprint density at radius 3 is 2.76 bits per heavy atom. The van der Waals surface area contributed by atoms with Gasteiger partial charge < -0.3 is 11.1 Å². The molecular formula is C13H23N4O7S+. The fourth-order valence-corrected chi connectivity index (χ4v) is 4.25. The van der Waals surface area contributed by atoms with E-state index in [4.69, 9.17) is 15.1 Å². The third kappa shape index (κ3) is 3.64. The number of hydroxylamine groups is 5. The molecule has 3 amide bonds. The molecule has 3 rings (SSSR count). The number of nitrogens with one attached hydrogen (secondary N) is 1. The number of amides is 3. The molecule has 4 atom stereocenters. The molecule has 2 bridgehead atoms. The molecule has 12 heteroatoms. The Hall–Kier alpha value is -1.31. The summed E-state index contributed by atoms with van der Waals surface area (Å²) in [6, 6.07) is -2.38. The van der Waals surface area contributed by atoms with Crippen LogP contribution in [-0.4, -0.2) is 72.9 Å². The number of hydrogen-bond acceptors (Lipinski definition) is 7. The maximum absolute atomic E-state index is 12.8. The lowest BCUT2D eigenvalue weighted by atomic mass is 9.99. The van der Waals surface area contributed by atoms with Crippen molar-refractivity contribution in [3.63, 3.8) is 0 Å². The van der Waals surface area contributed by atoms with Crippen LogP contribution in [0.4, 0.5) is 4.79 Å². The van der Waals surface area contributed by atoms with Crippen molar-refractivity contribution in [3.05, 3.63) is 0 Å². The average Bonchev–Trinajstić information content (AvgIpc) is 2.74. The van der Waals surface area contributed by atoms with Crippen LogP contribution in [0.2, 0.25) is 0 Å². The second kappa shape index (κ2) is 6.78. The van der Waals surface area contributed by atoms with E-state index in [0.717, 1.165) is 25.9 Å². The summed E-state index contributed by atoms with van der Waals surface area (Å²) in [6.45, 7) is 1.94. The van der Waals surface area contributed by atoms with E-state index in [1.165, 1.54) is 0 Å². The van der Waals surface area contributed by atoms with Crippen LogP contribution in [-0.2, 0) is 24.3 Å². The largest absolute Gasteiger partial charge is 0.477 e. The van der Waals surface area contributed by atoms with E-state index in [9.17, 15) is 18.0 Å². The minimum Gasteiger partial charge on any atom is -0.364 e. The quantitative estimate of drug-likeness (QED) is 0.390. The first-order chi connectivity index (χ1) is 11.7. The number of carbonyl (C=O) groups excluding carboxylic acids is 2. The molecule has 0 aromatic carbocycles. The lowest BCUT2D eigenvalue weighted by Gasteiger charge is -2.36. The number of urea groups is 1. The first kappa shape index (κ1) is 18.5. The predicted molar refractivity (Wildman–Crippen MR) is 82.5 cm³/mol. The molecule has 4 N–H and O–H groups in total. The van der Waals surface area contributed by atoms with E-state index in [0.29, 0.717) is 11.5 Å². The number of nitrogens with two attached hydrogens (primary N) is 1. The molecule has 11 nitrogen and oxygen atoms in total. The summed E-state index contributed by atoms with van der Waals surface area (Å²) < 4.78 is 34.7.